The molecule has 15 rings (SSSR count). The molecule has 6 heteroatoms. The van der Waals surface area contributed by atoms with Crippen LogP contribution in [0.2, 0.25) is 0 Å². The lowest BCUT2D eigenvalue weighted by Crippen LogP contribution is -2.00. The lowest BCUT2D eigenvalue weighted by atomic mass is 9.96. The zero-order valence-corrected chi connectivity index (χ0v) is 36.7. The van der Waals surface area contributed by atoms with Crippen LogP contribution in [0.4, 0.5) is 0 Å². The van der Waals surface area contributed by atoms with E-state index in [4.69, 9.17) is 15.0 Å². The molecule has 4 aromatic heterocycles. The van der Waals surface area contributed by atoms with E-state index in [1.165, 1.54) is 91.3 Å². The monoisotopic (exact) mass is 869 g/mol. The smallest absolute Gasteiger partial charge is 0.164 e. The minimum atomic E-state index is 0.632. The van der Waals surface area contributed by atoms with E-state index in [-0.39, 0.29) is 0 Å². The van der Waals surface area contributed by atoms with E-state index in [1.54, 1.807) is 0 Å². The van der Waals surface area contributed by atoms with Gasteiger partial charge in [-0.3, -0.25) is 0 Å². The van der Waals surface area contributed by atoms with Crippen molar-refractivity contribution < 1.29 is 0 Å². The van der Waals surface area contributed by atoms with Crippen molar-refractivity contribution >= 4 is 85.9 Å². The summed E-state index contributed by atoms with van der Waals surface area (Å²) in [5.74, 6) is 1.92. The highest BCUT2D eigenvalue weighted by molar-refractivity contribution is 7.27. The third-order valence-electron chi connectivity index (χ3n) is 13.9. The summed E-state index contributed by atoms with van der Waals surface area (Å²) >= 11 is 1.91. The summed E-state index contributed by atoms with van der Waals surface area (Å²) in [6, 6.07) is 76.3. The second-order valence-electron chi connectivity index (χ2n) is 17.5. The maximum atomic E-state index is 5.07. The number of nitrogens with zero attached hydrogens (tertiary/aromatic N) is 5. The fourth-order valence-corrected chi connectivity index (χ4v) is 12.3. The average Bonchev–Trinajstić information content (AvgIpc) is 4.15. The van der Waals surface area contributed by atoms with Crippen LogP contribution in [-0.2, 0) is 0 Å². The molecular weight excluding hydrogens is 835 g/mol. The number of benzene rings is 10. The minimum Gasteiger partial charge on any atom is -0.308 e. The Morgan fingerprint density at radius 2 is 0.821 bits per heavy atom. The van der Waals surface area contributed by atoms with Crippen LogP contribution >= 0.6 is 11.3 Å². The van der Waals surface area contributed by atoms with Crippen LogP contribution < -0.4 is 0 Å². The highest BCUT2D eigenvalue weighted by Crippen LogP contribution is 2.55. The second kappa shape index (κ2) is 13.9. The summed E-state index contributed by atoms with van der Waals surface area (Å²) in [6.07, 6.45) is 0. The molecule has 0 aliphatic heterocycles. The maximum absolute atomic E-state index is 5.07. The van der Waals surface area contributed by atoms with Gasteiger partial charge in [-0.05, 0) is 87.6 Å². The van der Waals surface area contributed by atoms with Crippen LogP contribution in [0.15, 0.2) is 212 Å². The fraction of sp³-hybridized carbons (Fsp3) is 0. The molecular formula is C61H35N5S. The van der Waals surface area contributed by atoms with Crippen LogP contribution in [0.25, 0.3) is 142 Å². The standard InChI is InChI=1S/C61H35N5S/c1-4-17-36(18-5-1)59-62-60(37-19-6-2-7-20-37)64-61(63-59)38-31-33-40(34-32-38)65-48-29-14-12-25-44(48)53-56(65)54-45-26-13-15-30-50(45)67-58(54)55-52-46-28-16-27-43-41-23-10-11-24-42(41)47(51(43)46)35-49(52)66(57(53)55)39-21-8-3-9-22-39/h1-35H. The maximum Gasteiger partial charge on any atom is 0.164 e. The zero-order valence-electron chi connectivity index (χ0n) is 35.9. The Balaban J connectivity index is 1.06. The van der Waals surface area contributed by atoms with E-state index in [2.05, 4.69) is 185 Å². The molecule has 0 unspecified atom stereocenters. The van der Waals surface area contributed by atoms with Crippen LogP contribution in [0.5, 0.6) is 0 Å². The van der Waals surface area contributed by atoms with Gasteiger partial charge in [0.25, 0.3) is 0 Å². The van der Waals surface area contributed by atoms with E-state index in [0.717, 1.165) is 33.6 Å². The van der Waals surface area contributed by atoms with Gasteiger partial charge in [0, 0.05) is 69.8 Å². The molecule has 67 heavy (non-hydrogen) atoms. The number of rotatable bonds is 5. The van der Waals surface area contributed by atoms with Crippen molar-refractivity contribution in [3.63, 3.8) is 0 Å². The van der Waals surface area contributed by atoms with E-state index < -0.39 is 0 Å². The summed E-state index contributed by atoms with van der Waals surface area (Å²) in [6.45, 7) is 0. The molecule has 0 fully saturated rings. The lowest BCUT2D eigenvalue weighted by Gasteiger charge is -2.13. The number of thiophene rings is 1. The number of para-hydroxylation sites is 2. The number of fused-ring (bicyclic) bond motifs is 16. The van der Waals surface area contributed by atoms with Crippen molar-refractivity contribution in [2.75, 3.05) is 0 Å². The van der Waals surface area contributed by atoms with Gasteiger partial charge in [-0.25, -0.2) is 15.0 Å². The van der Waals surface area contributed by atoms with Gasteiger partial charge in [0.15, 0.2) is 17.5 Å². The van der Waals surface area contributed by atoms with Gasteiger partial charge in [-0.15, -0.1) is 11.3 Å². The Morgan fingerprint density at radius 1 is 0.313 bits per heavy atom. The Labute approximate surface area is 388 Å². The third-order valence-corrected chi connectivity index (χ3v) is 15.1. The van der Waals surface area contributed by atoms with Gasteiger partial charge in [0.2, 0.25) is 0 Å². The molecule has 14 aromatic rings. The lowest BCUT2D eigenvalue weighted by molar-refractivity contribution is 1.07. The fourth-order valence-electron chi connectivity index (χ4n) is 11.1. The molecule has 310 valence electrons. The van der Waals surface area contributed by atoms with Gasteiger partial charge >= 0.3 is 0 Å². The van der Waals surface area contributed by atoms with Crippen LogP contribution in [0.1, 0.15) is 0 Å². The quantitative estimate of drug-likeness (QED) is 0.173. The summed E-state index contributed by atoms with van der Waals surface area (Å²) in [4.78, 5) is 15.1. The van der Waals surface area contributed by atoms with E-state index >= 15 is 0 Å². The molecule has 0 saturated carbocycles. The normalized spacial score (nSPS) is 12.2. The van der Waals surface area contributed by atoms with Crippen LogP contribution in [-0.4, -0.2) is 24.1 Å². The number of aromatic nitrogens is 5. The first kappa shape index (κ1) is 36.6. The molecule has 5 nitrogen and oxygen atoms in total. The van der Waals surface area contributed by atoms with E-state index in [9.17, 15) is 0 Å². The van der Waals surface area contributed by atoms with Crippen molar-refractivity contribution in [3.05, 3.63) is 212 Å². The van der Waals surface area contributed by atoms with Crippen molar-refractivity contribution in [3.8, 4) is 67.8 Å². The third kappa shape index (κ3) is 5.16. The molecule has 0 bridgehead atoms. The number of hydrogen-bond acceptors (Lipinski definition) is 4. The first-order valence-electron chi connectivity index (χ1n) is 22.7. The van der Waals surface area contributed by atoms with Crippen molar-refractivity contribution in [2.45, 2.75) is 0 Å². The zero-order chi connectivity index (χ0) is 43.7. The molecule has 4 heterocycles. The van der Waals surface area contributed by atoms with Gasteiger partial charge in [0.1, 0.15) is 0 Å². The van der Waals surface area contributed by atoms with E-state index in [1.807, 2.05) is 47.7 Å². The Kier molecular flexibility index (Phi) is 7.59. The first-order chi connectivity index (χ1) is 33.3. The molecule has 0 N–H and O–H groups in total. The average molecular weight is 870 g/mol. The van der Waals surface area contributed by atoms with Crippen LogP contribution in [0, 0.1) is 0 Å². The van der Waals surface area contributed by atoms with Crippen molar-refractivity contribution in [2.24, 2.45) is 0 Å². The molecule has 1 aliphatic rings. The SMILES string of the molecule is c1ccc(-c2nc(-c3ccccc3)nc(-c3ccc(-n4c5ccccc5c5c4c4c6ccccc6sc4c4c6c7cccc8c7c(cc6n(-c6ccccc6)c45)-c4ccccc4-8)cc3)n2)cc1. The van der Waals surface area contributed by atoms with Crippen LogP contribution in [0.3, 0.4) is 0 Å². The molecule has 10 aromatic carbocycles. The molecule has 0 radical (unpaired) electrons. The minimum absolute atomic E-state index is 0.632. The second-order valence-corrected chi connectivity index (χ2v) is 18.5. The molecule has 1 aliphatic carbocycles. The van der Waals surface area contributed by atoms with Crippen molar-refractivity contribution in [1.29, 1.82) is 0 Å². The topological polar surface area (TPSA) is 48.5 Å². The first-order valence-corrected chi connectivity index (χ1v) is 23.5. The van der Waals surface area contributed by atoms with Gasteiger partial charge < -0.3 is 9.13 Å². The molecule has 0 atom stereocenters. The van der Waals surface area contributed by atoms with E-state index in [0.29, 0.717) is 17.5 Å². The highest BCUT2D eigenvalue weighted by Gasteiger charge is 2.30. The Hall–Kier alpha value is -8.71. The van der Waals surface area contributed by atoms with Gasteiger partial charge in [-0.2, -0.15) is 0 Å². The molecule has 0 amide bonds. The number of hydrogen-bond donors (Lipinski definition) is 0. The summed E-state index contributed by atoms with van der Waals surface area (Å²) < 4.78 is 7.64. The predicted molar refractivity (Wildman–Crippen MR) is 280 cm³/mol. The summed E-state index contributed by atoms with van der Waals surface area (Å²) in [5.41, 5.74) is 15.0. The largest absolute Gasteiger partial charge is 0.308 e. The van der Waals surface area contributed by atoms with Gasteiger partial charge in [-0.1, -0.05) is 158 Å². The van der Waals surface area contributed by atoms with Crippen molar-refractivity contribution in [1.82, 2.24) is 24.1 Å². The summed E-state index contributed by atoms with van der Waals surface area (Å²) in [5, 5.41) is 10.2. The molecule has 0 saturated heterocycles. The predicted octanol–water partition coefficient (Wildman–Crippen LogP) is 16.2. The highest BCUT2D eigenvalue weighted by atomic mass is 32.1. The van der Waals surface area contributed by atoms with Gasteiger partial charge in [0.05, 0.1) is 22.1 Å². The Morgan fingerprint density at radius 3 is 1.52 bits per heavy atom. The Bertz CT molecular complexity index is 4300. The molecule has 0 spiro atoms. The summed E-state index contributed by atoms with van der Waals surface area (Å²) in [7, 11) is 0.